The largest absolute Gasteiger partial charge is 0.478 e. The molecule has 0 saturated heterocycles. The number of fused-ring (bicyclic) bond motifs is 1. The van der Waals surface area contributed by atoms with Crippen molar-refractivity contribution in [3.05, 3.63) is 23.8 Å². The van der Waals surface area contributed by atoms with Gasteiger partial charge in [0.05, 0.1) is 0 Å². The van der Waals surface area contributed by atoms with Crippen molar-refractivity contribution < 1.29 is 9.90 Å². The summed E-state index contributed by atoms with van der Waals surface area (Å²) < 4.78 is 0. The average molecular weight is 220 g/mol. The van der Waals surface area contributed by atoms with Gasteiger partial charge in [0, 0.05) is 11.0 Å². The molecular weight excluding hydrogens is 200 g/mol. The molecule has 2 unspecified atom stereocenters. The van der Waals surface area contributed by atoms with E-state index in [1.807, 2.05) is 13.0 Å². The monoisotopic (exact) mass is 220 g/mol. The standard InChI is InChI=1S/C14H20O2/c1-4-10(12(15)16)8-14-7-5-6-11(9-14)13(14,2)3/h5,7-8,11H,4,6,9H2,1-3H3,(H,15,16). The predicted octanol–water partition coefficient (Wildman–Crippen LogP) is 3.40. The van der Waals surface area contributed by atoms with Crippen molar-refractivity contribution in [2.45, 2.75) is 40.0 Å². The number of carboxylic acids is 1. The summed E-state index contributed by atoms with van der Waals surface area (Å²) in [5, 5.41) is 9.11. The summed E-state index contributed by atoms with van der Waals surface area (Å²) in [6.45, 7) is 6.43. The maximum absolute atomic E-state index is 11.1. The van der Waals surface area contributed by atoms with Gasteiger partial charge < -0.3 is 5.11 Å². The Kier molecular flexibility index (Phi) is 2.48. The minimum atomic E-state index is -0.768. The van der Waals surface area contributed by atoms with Crippen molar-refractivity contribution in [2.24, 2.45) is 16.7 Å². The molecule has 0 radical (unpaired) electrons. The number of hydrogen-bond acceptors (Lipinski definition) is 1. The molecule has 2 heteroatoms. The third kappa shape index (κ3) is 1.35. The zero-order valence-corrected chi connectivity index (χ0v) is 10.3. The van der Waals surface area contributed by atoms with Crippen LogP contribution >= 0.6 is 0 Å². The van der Waals surface area contributed by atoms with Crippen LogP contribution in [-0.4, -0.2) is 11.1 Å². The fraction of sp³-hybridized carbons (Fsp3) is 0.643. The average Bonchev–Trinajstić information content (AvgIpc) is 2.25. The van der Waals surface area contributed by atoms with Gasteiger partial charge in [0.15, 0.2) is 0 Å². The van der Waals surface area contributed by atoms with Crippen LogP contribution in [0.15, 0.2) is 23.8 Å². The fourth-order valence-corrected chi connectivity index (χ4v) is 3.20. The lowest BCUT2D eigenvalue weighted by atomic mass is 9.42. The van der Waals surface area contributed by atoms with Crippen LogP contribution in [0.5, 0.6) is 0 Å². The molecule has 16 heavy (non-hydrogen) atoms. The molecule has 1 fully saturated rings. The maximum Gasteiger partial charge on any atom is 0.331 e. The van der Waals surface area contributed by atoms with Gasteiger partial charge in [-0.05, 0) is 30.6 Å². The van der Waals surface area contributed by atoms with E-state index in [4.69, 9.17) is 5.11 Å². The van der Waals surface area contributed by atoms with Crippen molar-refractivity contribution in [3.63, 3.8) is 0 Å². The van der Waals surface area contributed by atoms with Gasteiger partial charge in [0.2, 0.25) is 0 Å². The molecule has 0 aromatic rings. The van der Waals surface area contributed by atoms with Crippen LogP contribution in [-0.2, 0) is 4.79 Å². The van der Waals surface area contributed by atoms with Crippen LogP contribution in [0, 0.1) is 16.7 Å². The molecular formula is C14H20O2. The Hall–Kier alpha value is -1.05. The van der Waals surface area contributed by atoms with E-state index >= 15 is 0 Å². The zero-order valence-electron chi connectivity index (χ0n) is 10.3. The highest BCUT2D eigenvalue weighted by Crippen LogP contribution is 2.66. The molecule has 1 N–H and O–H groups in total. The van der Waals surface area contributed by atoms with Crippen LogP contribution in [0.1, 0.15) is 40.0 Å². The summed E-state index contributed by atoms with van der Waals surface area (Å²) in [6.07, 6.45) is 9.31. The van der Waals surface area contributed by atoms with Crippen LogP contribution in [0.2, 0.25) is 0 Å². The van der Waals surface area contributed by atoms with Gasteiger partial charge in [0.25, 0.3) is 0 Å². The molecule has 0 spiro atoms. The highest BCUT2D eigenvalue weighted by molar-refractivity contribution is 5.86. The first-order chi connectivity index (χ1) is 7.43. The second-order valence-electron chi connectivity index (χ2n) is 5.63. The zero-order chi connectivity index (χ0) is 12.0. The summed E-state index contributed by atoms with van der Waals surface area (Å²) in [4.78, 5) is 11.1. The van der Waals surface area contributed by atoms with E-state index in [0.717, 1.165) is 18.8 Å². The molecule has 2 nitrogen and oxygen atoms in total. The lowest BCUT2D eigenvalue weighted by Crippen LogP contribution is -2.54. The number of carbonyl (C=O) groups is 1. The minimum Gasteiger partial charge on any atom is -0.478 e. The van der Waals surface area contributed by atoms with Crippen LogP contribution in [0.25, 0.3) is 0 Å². The number of hydrogen-bond donors (Lipinski definition) is 1. The van der Waals surface area contributed by atoms with E-state index in [-0.39, 0.29) is 10.8 Å². The van der Waals surface area contributed by atoms with Gasteiger partial charge in [0.1, 0.15) is 0 Å². The lowest BCUT2D eigenvalue weighted by Gasteiger charge is -2.62. The van der Waals surface area contributed by atoms with Gasteiger partial charge >= 0.3 is 5.97 Å². The van der Waals surface area contributed by atoms with Gasteiger partial charge in [-0.3, -0.25) is 0 Å². The Balaban J connectivity index is 2.36. The molecule has 0 heterocycles. The SMILES string of the molecule is CCC(=CC12C=CCC(C1)C2(C)C)C(=O)O. The van der Waals surface area contributed by atoms with Crippen LogP contribution in [0.3, 0.4) is 0 Å². The van der Waals surface area contributed by atoms with Crippen molar-refractivity contribution in [1.29, 1.82) is 0 Å². The van der Waals surface area contributed by atoms with Crippen molar-refractivity contribution in [2.75, 3.05) is 0 Å². The van der Waals surface area contributed by atoms with Crippen molar-refractivity contribution >= 4 is 5.97 Å². The number of aliphatic carboxylic acids is 1. The highest BCUT2D eigenvalue weighted by atomic mass is 16.4. The Labute approximate surface area is 97.0 Å². The first kappa shape index (κ1) is 11.4. The van der Waals surface area contributed by atoms with Crippen LogP contribution in [0.4, 0.5) is 0 Å². The fourth-order valence-electron chi connectivity index (χ4n) is 3.20. The molecule has 0 aliphatic heterocycles. The summed E-state index contributed by atoms with van der Waals surface area (Å²) in [6, 6.07) is 0. The van der Waals surface area contributed by atoms with E-state index in [1.165, 1.54) is 0 Å². The second kappa shape index (κ2) is 3.47. The first-order valence-corrected chi connectivity index (χ1v) is 6.05. The molecule has 0 amide bonds. The van der Waals surface area contributed by atoms with Gasteiger partial charge in [-0.1, -0.05) is 39.0 Å². The molecule has 0 aromatic carbocycles. The molecule has 1 saturated carbocycles. The Morgan fingerprint density at radius 1 is 1.56 bits per heavy atom. The Bertz CT molecular complexity index is 376. The van der Waals surface area contributed by atoms with E-state index in [2.05, 4.69) is 26.0 Å². The molecule has 3 aliphatic carbocycles. The van der Waals surface area contributed by atoms with Gasteiger partial charge in [-0.15, -0.1) is 0 Å². The molecule has 88 valence electrons. The molecule has 2 atom stereocenters. The van der Waals surface area contributed by atoms with E-state index in [0.29, 0.717) is 12.0 Å². The number of allylic oxidation sites excluding steroid dienone is 3. The van der Waals surface area contributed by atoms with E-state index < -0.39 is 5.97 Å². The van der Waals surface area contributed by atoms with Crippen molar-refractivity contribution in [1.82, 2.24) is 0 Å². The molecule has 3 rings (SSSR count). The van der Waals surface area contributed by atoms with Crippen LogP contribution < -0.4 is 0 Å². The summed E-state index contributed by atoms with van der Waals surface area (Å²) >= 11 is 0. The molecule has 0 aromatic heterocycles. The quantitative estimate of drug-likeness (QED) is 0.584. The molecule has 3 aliphatic rings. The second-order valence-corrected chi connectivity index (χ2v) is 5.63. The predicted molar refractivity (Wildman–Crippen MR) is 64.1 cm³/mol. The summed E-state index contributed by atoms with van der Waals surface area (Å²) in [7, 11) is 0. The third-order valence-electron chi connectivity index (χ3n) is 4.73. The summed E-state index contributed by atoms with van der Waals surface area (Å²) in [5.74, 6) is -0.0456. The van der Waals surface area contributed by atoms with Gasteiger partial charge in [-0.25, -0.2) is 4.79 Å². The third-order valence-corrected chi connectivity index (χ3v) is 4.73. The Morgan fingerprint density at radius 3 is 2.69 bits per heavy atom. The number of carboxylic acid groups (broad SMARTS) is 1. The highest BCUT2D eigenvalue weighted by Gasteiger charge is 2.58. The van der Waals surface area contributed by atoms with E-state index in [1.54, 1.807) is 0 Å². The van der Waals surface area contributed by atoms with Crippen molar-refractivity contribution in [3.8, 4) is 0 Å². The number of rotatable bonds is 3. The normalized spacial score (nSPS) is 35.7. The van der Waals surface area contributed by atoms with E-state index in [9.17, 15) is 4.79 Å². The smallest absolute Gasteiger partial charge is 0.331 e. The lowest BCUT2D eigenvalue weighted by molar-refractivity contribution is -0.133. The molecule has 2 bridgehead atoms. The topological polar surface area (TPSA) is 37.3 Å². The Morgan fingerprint density at radius 2 is 2.25 bits per heavy atom. The summed E-state index contributed by atoms with van der Waals surface area (Å²) in [5.41, 5.74) is 0.773. The first-order valence-electron chi connectivity index (χ1n) is 6.05. The maximum atomic E-state index is 11.1. The van der Waals surface area contributed by atoms with Gasteiger partial charge in [-0.2, -0.15) is 0 Å². The minimum absolute atomic E-state index is 0.000347.